The summed E-state index contributed by atoms with van der Waals surface area (Å²) < 4.78 is 42.0. The number of fused-ring (bicyclic) bond motifs is 1. The van der Waals surface area contributed by atoms with Gasteiger partial charge in [-0.05, 0) is 49.2 Å². The van der Waals surface area contributed by atoms with E-state index < -0.39 is 21.7 Å². The number of hydrogen-bond acceptors (Lipinski definition) is 5. The lowest BCUT2D eigenvalue weighted by molar-refractivity contribution is 0.102. The molecule has 0 saturated carbocycles. The Kier molecular flexibility index (Phi) is 7.74. The maximum absolute atomic E-state index is 13.8. The van der Waals surface area contributed by atoms with Crippen molar-refractivity contribution in [3.8, 4) is 0 Å². The van der Waals surface area contributed by atoms with E-state index in [9.17, 15) is 17.6 Å². The number of nitrogens with one attached hydrogen (secondary N) is 1. The van der Waals surface area contributed by atoms with Gasteiger partial charge < -0.3 is 0 Å². The smallest absolute Gasteiger partial charge is 0.257 e. The molecule has 6 nitrogen and oxygen atoms in total. The van der Waals surface area contributed by atoms with E-state index in [1.807, 2.05) is 13.8 Å². The van der Waals surface area contributed by atoms with Crippen molar-refractivity contribution in [2.75, 3.05) is 18.4 Å². The van der Waals surface area contributed by atoms with Gasteiger partial charge in [-0.15, -0.1) is 0 Å². The molecule has 166 valence electrons. The summed E-state index contributed by atoms with van der Waals surface area (Å²) in [6, 6.07) is 10.5. The molecule has 2 aromatic carbocycles. The summed E-state index contributed by atoms with van der Waals surface area (Å²) in [5.74, 6) is -0.878. The molecule has 0 bridgehead atoms. The van der Waals surface area contributed by atoms with Crippen molar-refractivity contribution >= 4 is 42.6 Å². The highest BCUT2D eigenvalue weighted by Crippen LogP contribution is 2.28. The first-order chi connectivity index (χ1) is 14.9. The Morgan fingerprint density at radius 3 is 2.29 bits per heavy atom. The lowest BCUT2D eigenvalue weighted by Crippen LogP contribution is -2.33. The number of thiazole rings is 1. The van der Waals surface area contributed by atoms with Gasteiger partial charge in [-0.25, -0.2) is 17.8 Å². The number of sulfonamides is 1. The minimum Gasteiger partial charge on any atom is -0.298 e. The topological polar surface area (TPSA) is 79.4 Å². The Balaban J connectivity index is 1.75. The van der Waals surface area contributed by atoms with E-state index in [1.54, 1.807) is 12.1 Å². The summed E-state index contributed by atoms with van der Waals surface area (Å²) >= 11 is 1.18. The van der Waals surface area contributed by atoms with Gasteiger partial charge in [-0.3, -0.25) is 10.1 Å². The lowest BCUT2D eigenvalue weighted by atomic mass is 10.2. The number of carbonyl (C=O) groups is 1. The van der Waals surface area contributed by atoms with Crippen molar-refractivity contribution in [2.45, 2.75) is 44.4 Å². The van der Waals surface area contributed by atoms with Crippen LogP contribution in [0.5, 0.6) is 0 Å². The first kappa shape index (κ1) is 23.3. The number of aromatic nitrogens is 1. The number of para-hydroxylation sites is 1. The number of amides is 1. The molecule has 3 aromatic rings. The number of hydrogen-bond donors (Lipinski definition) is 1. The number of rotatable bonds is 10. The number of unbranched alkanes of at least 4 members (excludes halogenated alkanes) is 2. The van der Waals surface area contributed by atoms with Crippen LogP contribution in [0.15, 0.2) is 47.4 Å². The minimum absolute atomic E-state index is 0.165. The van der Waals surface area contributed by atoms with Crippen LogP contribution < -0.4 is 5.32 Å². The molecule has 0 aliphatic rings. The van der Waals surface area contributed by atoms with E-state index in [-0.39, 0.29) is 15.5 Å². The second kappa shape index (κ2) is 10.3. The second-order valence-corrected chi connectivity index (χ2v) is 10.2. The Hall–Kier alpha value is -2.36. The molecule has 0 radical (unpaired) electrons. The van der Waals surface area contributed by atoms with Crippen LogP contribution in [-0.4, -0.2) is 36.7 Å². The molecule has 1 aromatic heterocycles. The van der Waals surface area contributed by atoms with Crippen molar-refractivity contribution in [1.82, 2.24) is 9.29 Å². The average Bonchev–Trinajstić information content (AvgIpc) is 3.17. The summed E-state index contributed by atoms with van der Waals surface area (Å²) in [7, 11) is -3.62. The molecule has 0 atom stereocenters. The fourth-order valence-corrected chi connectivity index (χ4v) is 5.48. The quantitative estimate of drug-likeness (QED) is 0.444. The first-order valence-electron chi connectivity index (χ1n) is 10.3. The molecular formula is C22H26FN3O3S2. The summed E-state index contributed by atoms with van der Waals surface area (Å²) in [6.07, 6.45) is 3.41. The molecule has 1 N–H and O–H groups in total. The Morgan fingerprint density at radius 1 is 1.06 bits per heavy atom. The van der Waals surface area contributed by atoms with Crippen LogP contribution in [0.4, 0.5) is 9.52 Å². The third-order valence-electron chi connectivity index (χ3n) is 4.87. The standard InChI is InChI=1S/C22H26FN3O3S2/c1-3-5-14-26(15-6-4-2)31(28,29)17-12-10-16(11-13-17)21(27)25-22-24-20-18(23)8-7-9-19(20)30-22/h7-13H,3-6,14-15H2,1-2H3,(H,24,25,27). The highest BCUT2D eigenvalue weighted by Gasteiger charge is 2.24. The van der Waals surface area contributed by atoms with E-state index in [0.717, 1.165) is 25.7 Å². The predicted octanol–water partition coefficient (Wildman–Crippen LogP) is 5.28. The molecule has 0 saturated heterocycles. The van der Waals surface area contributed by atoms with Crippen molar-refractivity contribution < 1.29 is 17.6 Å². The molecule has 0 aliphatic heterocycles. The van der Waals surface area contributed by atoms with E-state index in [2.05, 4.69) is 10.3 Å². The SMILES string of the molecule is CCCCN(CCCC)S(=O)(=O)c1ccc(C(=O)Nc2nc3c(F)cccc3s2)cc1. The van der Waals surface area contributed by atoms with E-state index in [0.29, 0.717) is 23.4 Å². The van der Waals surface area contributed by atoms with Gasteiger partial charge in [-0.1, -0.05) is 44.1 Å². The third-order valence-corrected chi connectivity index (χ3v) is 7.72. The summed E-state index contributed by atoms with van der Waals surface area (Å²) in [6.45, 7) is 5.01. The summed E-state index contributed by atoms with van der Waals surface area (Å²) in [4.78, 5) is 16.8. The molecule has 1 heterocycles. The molecule has 0 aliphatic carbocycles. The molecular weight excluding hydrogens is 437 g/mol. The van der Waals surface area contributed by atoms with Crippen LogP contribution in [0.25, 0.3) is 10.2 Å². The van der Waals surface area contributed by atoms with E-state index in [4.69, 9.17) is 0 Å². The number of halogens is 1. The average molecular weight is 464 g/mol. The zero-order valence-corrected chi connectivity index (χ0v) is 19.2. The van der Waals surface area contributed by atoms with Crippen LogP contribution in [0.3, 0.4) is 0 Å². The summed E-state index contributed by atoms with van der Waals surface area (Å²) in [5, 5.41) is 2.94. The van der Waals surface area contributed by atoms with E-state index in [1.165, 1.54) is 46.0 Å². The van der Waals surface area contributed by atoms with Gasteiger partial charge in [0.15, 0.2) is 5.13 Å². The Labute approximate surface area is 186 Å². The maximum Gasteiger partial charge on any atom is 0.257 e. The Morgan fingerprint density at radius 2 is 1.71 bits per heavy atom. The molecule has 31 heavy (non-hydrogen) atoms. The largest absolute Gasteiger partial charge is 0.298 e. The van der Waals surface area contributed by atoms with Gasteiger partial charge in [0.05, 0.1) is 9.60 Å². The first-order valence-corrected chi connectivity index (χ1v) is 12.6. The van der Waals surface area contributed by atoms with Crippen LogP contribution in [0, 0.1) is 5.82 Å². The maximum atomic E-state index is 13.8. The van der Waals surface area contributed by atoms with Crippen LogP contribution >= 0.6 is 11.3 Å². The van der Waals surface area contributed by atoms with Crippen molar-refractivity contribution in [1.29, 1.82) is 0 Å². The lowest BCUT2D eigenvalue weighted by Gasteiger charge is -2.22. The van der Waals surface area contributed by atoms with Gasteiger partial charge >= 0.3 is 0 Å². The fraction of sp³-hybridized carbons (Fsp3) is 0.364. The van der Waals surface area contributed by atoms with Crippen LogP contribution in [0.2, 0.25) is 0 Å². The van der Waals surface area contributed by atoms with Gasteiger partial charge in [0.2, 0.25) is 10.0 Å². The molecule has 3 rings (SSSR count). The van der Waals surface area contributed by atoms with Gasteiger partial charge in [0.1, 0.15) is 11.3 Å². The highest BCUT2D eigenvalue weighted by atomic mass is 32.2. The predicted molar refractivity (Wildman–Crippen MR) is 123 cm³/mol. The fourth-order valence-electron chi connectivity index (χ4n) is 3.09. The van der Waals surface area contributed by atoms with Crippen molar-refractivity contribution in [3.05, 3.63) is 53.8 Å². The number of anilines is 1. The van der Waals surface area contributed by atoms with Crippen molar-refractivity contribution in [3.63, 3.8) is 0 Å². The Bertz CT molecular complexity index is 1140. The summed E-state index contributed by atoms with van der Waals surface area (Å²) in [5.41, 5.74) is 0.510. The highest BCUT2D eigenvalue weighted by molar-refractivity contribution is 7.89. The van der Waals surface area contributed by atoms with Crippen LogP contribution in [0.1, 0.15) is 49.9 Å². The van der Waals surface area contributed by atoms with Gasteiger partial charge in [0, 0.05) is 18.7 Å². The third kappa shape index (κ3) is 5.47. The molecule has 0 spiro atoms. The van der Waals surface area contributed by atoms with Gasteiger partial charge in [0.25, 0.3) is 5.91 Å². The number of carbonyl (C=O) groups excluding carboxylic acids is 1. The molecule has 0 unspecified atom stereocenters. The zero-order valence-electron chi connectivity index (χ0n) is 17.6. The molecule has 0 fully saturated rings. The zero-order chi connectivity index (χ0) is 22.4. The monoisotopic (exact) mass is 463 g/mol. The minimum atomic E-state index is -3.62. The molecule has 9 heteroatoms. The normalized spacial score (nSPS) is 11.9. The van der Waals surface area contributed by atoms with Gasteiger partial charge in [-0.2, -0.15) is 4.31 Å². The number of nitrogens with zero attached hydrogens (tertiary/aromatic N) is 2. The van der Waals surface area contributed by atoms with Crippen LogP contribution in [-0.2, 0) is 10.0 Å². The van der Waals surface area contributed by atoms with E-state index >= 15 is 0 Å². The molecule has 1 amide bonds. The number of benzene rings is 2. The second-order valence-electron chi connectivity index (χ2n) is 7.20. The van der Waals surface area contributed by atoms with Crippen molar-refractivity contribution in [2.24, 2.45) is 0 Å².